The predicted octanol–water partition coefficient (Wildman–Crippen LogP) is 1.54. The van der Waals surface area contributed by atoms with Crippen molar-refractivity contribution in [3.05, 3.63) is 54.4 Å². The van der Waals surface area contributed by atoms with Crippen LogP contribution in [0.1, 0.15) is 18.4 Å². The van der Waals surface area contributed by atoms with Crippen LogP contribution in [-0.4, -0.2) is 24.1 Å². The first-order valence-corrected chi connectivity index (χ1v) is 6.51. The lowest BCUT2D eigenvalue weighted by Crippen LogP contribution is -2.34. The highest BCUT2D eigenvalue weighted by Crippen LogP contribution is 2.02. The summed E-state index contributed by atoms with van der Waals surface area (Å²) in [6, 6.07) is 6.88. The Morgan fingerprint density at radius 1 is 1.23 bits per heavy atom. The van der Waals surface area contributed by atoms with E-state index >= 15 is 0 Å². The lowest BCUT2D eigenvalue weighted by molar-refractivity contribution is -0.123. The van der Waals surface area contributed by atoms with Crippen molar-refractivity contribution in [2.45, 2.75) is 6.92 Å². The molecule has 0 bridgehead atoms. The first kappa shape index (κ1) is 15.3. The monoisotopic (exact) mass is 301 g/mol. The van der Waals surface area contributed by atoms with E-state index in [1.807, 2.05) is 0 Å². The van der Waals surface area contributed by atoms with Gasteiger partial charge in [-0.15, -0.1) is 0 Å². The normalized spacial score (nSPS) is 11.6. The second-order valence-corrected chi connectivity index (χ2v) is 4.28. The van der Waals surface area contributed by atoms with Crippen molar-refractivity contribution >= 4 is 23.6 Å². The molecule has 7 nitrogen and oxygen atoms in total. The van der Waals surface area contributed by atoms with Gasteiger partial charge in [0.1, 0.15) is 17.2 Å². The molecule has 114 valence electrons. The Hall–Kier alpha value is -3.09. The van der Waals surface area contributed by atoms with E-state index in [2.05, 4.69) is 15.8 Å². The molecule has 2 amide bonds. The second kappa shape index (κ2) is 7.63. The minimum absolute atomic E-state index is 0.184. The summed E-state index contributed by atoms with van der Waals surface area (Å²) in [5.74, 6) is 0.271. The van der Waals surface area contributed by atoms with E-state index in [1.165, 1.54) is 24.7 Å². The molecular formula is C15H15N3O4. The summed E-state index contributed by atoms with van der Waals surface area (Å²) >= 11 is 0. The molecule has 0 aliphatic heterocycles. The average Bonchev–Trinajstić information content (AvgIpc) is 3.21. The first-order chi connectivity index (χ1) is 10.6. The van der Waals surface area contributed by atoms with Gasteiger partial charge in [0.05, 0.1) is 19.1 Å². The van der Waals surface area contributed by atoms with Crippen molar-refractivity contribution in [3.8, 4) is 0 Å². The number of rotatable bonds is 6. The van der Waals surface area contributed by atoms with Gasteiger partial charge in [0.25, 0.3) is 5.91 Å². The van der Waals surface area contributed by atoms with Gasteiger partial charge in [-0.1, -0.05) is 0 Å². The molecule has 22 heavy (non-hydrogen) atoms. The number of carbonyl (C=O) groups is 2. The summed E-state index contributed by atoms with van der Waals surface area (Å²) in [7, 11) is 0. The Labute approximate surface area is 126 Å². The van der Waals surface area contributed by atoms with Crippen LogP contribution < -0.4 is 10.7 Å². The maximum Gasteiger partial charge on any atom is 0.259 e. The molecule has 0 aliphatic carbocycles. The molecule has 2 heterocycles. The molecular weight excluding hydrogens is 286 g/mol. The molecule has 0 atom stereocenters. The Bertz CT molecular complexity index is 670. The smallest absolute Gasteiger partial charge is 0.259 e. The summed E-state index contributed by atoms with van der Waals surface area (Å²) in [6.07, 6.45) is 5.81. The van der Waals surface area contributed by atoms with Crippen molar-refractivity contribution < 1.29 is 18.4 Å². The van der Waals surface area contributed by atoms with Crippen LogP contribution in [0, 0.1) is 0 Å². The molecule has 2 aromatic heterocycles. The van der Waals surface area contributed by atoms with E-state index in [4.69, 9.17) is 8.83 Å². The Morgan fingerprint density at radius 3 is 2.68 bits per heavy atom. The first-order valence-electron chi connectivity index (χ1n) is 6.51. The molecule has 0 spiro atoms. The zero-order valence-corrected chi connectivity index (χ0v) is 11.9. The number of hydrogen-bond acceptors (Lipinski definition) is 5. The molecule has 0 saturated heterocycles. The highest BCUT2D eigenvalue weighted by Gasteiger charge is 2.04. The van der Waals surface area contributed by atoms with Crippen LogP contribution in [0.2, 0.25) is 0 Å². The quantitative estimate of drug-likeness (QED) is 0.480. The highest BCUT2D eigenvalue weighted by molar-refractivity contribution is 5.97. The van der Waals surface area contributed by atoms with Crippen molar-refractivity contribution in [3.63, 3.8) is 0 Å². The molecule has 7 heteroatoms. The van der Waals surface area contributed by atoms with Crippen molar-refractivity contribution in [1.29, 1.82) is 0 Å². The van der Waals surface area contributed by atoms with Crippen molar-refractivity contribution in [2.24, 2.45) is 5.10 Å². The molecule has 0 saturated carbocycles. The minimum Gasteiger partial charge on any atom is -0.465 e. The van der Waals surface area contributed by atoms with Gasteiger partial charge in [-0.2, -0.15) is 5.10 Å². The van der Waals surface area contributed by atoms with E-state index in [1.54, 1.807) is 31.2 Å². The zero-order valence-electron chi connectivity index (χ0n) is 11.9. The minimum atomic E-state index is -0.439. The van der Waals surface area contributed by atoms with Crippen LogP contribution in [-0.2, 0) is 9.59 Å². The summed E-state index contributed by atoms with van der Waals surface area (Å²) in [5, 5.41) is 6.30. The van der Waals surface area contributed by atoms with Gasteiger partial charge in [-0.3, -0.25) is 9.59 Å². The number of furan rings is 2. The number of nitrogens with zero attached hydrogens (tertiary/aromatic N) is 1. The Balaban J connectivity index is 1.73. The highest BCUT2D eigenvalue weighted by atomic mass is 16.3. The fraction of sp³-hybridized carbons (Fsp3) is 0.133. The fourth-order valence-corrected chi connectivity index (χ4v) is 1.50. The van der Waals surface area contributed by atoms with E-state index in [0.717, 1.165) is 0 Å². The van der Waals surface area contributed by atoms with Crippen LogP contribution in [0.25, 0.3) is 6.08 Å². The van der Waals surface area contributed by atoms with Crippen LogP contribution in [0.5, 0.6) is 0 Å². The molecule has 0 aromatic carbocycles. The number of carbonyl (C=O) groups excluding carboxylic acids is 2. The summed E-state index contributed by atoms with van der Waals surface area (Å²) in [5.41, 5.74) is 2.86. The van der Waals surface area contributed by atoms with Crippen molar-refractivity contribution in [2.75, 3.05) is 6.54 Å². The van der Waals surface area contributed by atoms with Gasteiger partial charge >= 0.3 is 0 Å². The molecule has 0 fully saturated rings. The maximum atomic E-state index is 11.5. The molecule has 0 unspecified atom stereocenters. The molecule has 0 aliphatic rings. The third-order valence-corrected chi connectivity index (χ3v) is 2.59. The number of amides is 2. The van der Waals surface area contributed by atoms with Crippen LogP contribution in [0.3, 0.4) is 0 Å². The fourth-order valence-electron chi connectivity index (χ4n) is 1.50. The molecule has 2 rings (SSSR count). The topological polar surface area (TPSA) is 96.8 Å². The zero-order chi connectivity index (χ0) is 15.8. The van der Waals surface area contributed by atoms with E-state index in [-0.39, 0.29) is 6.54 Å². The SMILES string of the molecule is C/C(=N\NC(=O)CNC(=O)/C=C/c1ccco1)c1ccco1. The maximum absolute atomic E-state index is 11.5. The Morgan fingerprint density at radius 2 is 2.00 bits per heavy atom. The Kier molecular flexibility index (Phi) is 5.31. The number of hydrogen-bond donors (Lipinski definition) is 2. The third-order valence-electron chi connectivity index (χ3n) is 2.59. The third kappa shape index (κ3) is 4.78. The van der Waals surface area contributed by atoms with Gasteiger partial charge in [0, 0.05) is 6.08 Å². The average molecular weight is 301 g/mol. The van der Waals surface area contributed by atoms with E-state index in [9.17, 15) is 9.59 Å². The standard InChI is InChI=1S/C15H15N3O4/c1-11(13-5-3-9-22-13)17-18-15(20)10-16-14(19)7-6-12-4-2-8-21-12/h2-9H,10H2,1H3,(H,16,19)(H,18,20)/b7-6+,17-11+. The van der Waals surface area contributed by atoms with Crippen molar-refractivity contribution in [1.82, 2.24) is 10.7 Å². The van der Waals surface area contributed by atoms with Gasteiger partial charge in [0.15, 0.2) is 0 Å². The van der Waals surface area contributed by atoms with Gasteiger partial charge in [0.2, 0.25) is 5.91 Å². The van der Waals surface area contributed by atoms with Gasteiger partial charge in [-0.25, -0.2) is 5.43 Å². The predicted molar refractivity (Wildman–Crippen MR) is 79.8 cm³/mol. The van der Waals surface area contributed by atoms with Crippen LogP contribution in [0.15, 0.2) is 56.8 Å². The van der Waals surface area contributed by atoms with Gasteiger partial charge in [-0.05, 0) is 37.3 Å². The summed E-state index contributed by atoms with van der Waals surface area (Å²) < 4.78 is 10.2. The summed E-state index contributed by atoms with van der Waals surface area (Å²) in [6.45, 7) is 1.51. The molecule has 2 N–H and O–H groups in total. The van der Waals surface area contributed by atoms with Gasteiger partial charge < -0.3 is 14.2 Å². The second-order valence-electron chi connectivity index (χ2n) is 4.28. The van der Waals surface area contributed by atoms with E-state index < -0.39 is 11.8 Å². The number of hydrazone groups is 1. The number of nitrogens with one attached hydrogen (secondary N) is 2. The van der Waals surface area contributed by atoms with Crippen LogP contribution >= 0.6 is 0 Å². The summed E-state index contributed by atoms with van der Waals surface area (Å²) in [4.78, 5) is 23.0. The molecule has 2 aromatic rings. The van der Waals surface area contributed by atoms with E-state index in [0.29, 0.717) is 17.2 Å². The largest absolute Gasteiger partial charge is 0.465 e. The van der Waals surface area contributed by atoms with Crippen LogP contribution in [0.4, 0.5) is 0 Å². The lowest BCUT2D eigenvalue weighted by Gasteiger charge is -2.02. The molecule has 0 radical (unpaired) electrons. The lowest BCUT2D eigenvalue weighted by atomic mass is 10.3.